The van der Waals surface area contributed by atoms with Crippen LogP contribution in [-0.2, 0) is 17.4 Å². The van der Waals surface area contributed by atoms with Gasteiger partial charge in [-0.15, -0.1) is 0 Å². The predicted octanol–water partition coefficient (Wildman–Crippen LogP) is 2.48. The largest absolute Gasteiger partial charge is 0.416 e. The molecule has 0 aliphatic carbocycles. The molecular formula is C15H18F3NO2. The molecule has 6 heteroatoms. The summed E-state index contributed by atoms with van der Waals surface area (Å²) in [5.74, 6) is -0.211. The van der Waals surface area contributed by atoms with E-state index in [1.807, 2.05) is 6.92 Å². The maximum Gasteiger partial charge on any atom is 0.416 e. The van der Waals surface area contributed by atoms with Gasteiger partial charge in [-0.05, 0) is 24.0 Å². The Labute approximate surface area is 121 Å². The van der Waals surface area contributed by atoms with Crippen LogP contribution in [0.4, 0.5) is 13.2 Å². The summed E-state index contributed by atoms with van der Waals surface area (Å²) in [5.41, 5.74) is -0.385. The third-order valence-corrected chi connectivity index (χ3v) is 3.82. The Morgan fingerprint density at radius 1 is 1.43 bits per heavy atom. The van der Waals surface area contributed by atoms with Crippen LogP contribution in [0.3, 0.4) is 0 Å². The van der Waals surface area contributed by atoms with Crippen LogP contribution in [0.25, 0.3) is 0 Å². The monoisotopic (exact) mass is 301 g/mol. The number of nitrogens with zero attached hydrogens (tertiary/aromatic N) is 1. The zero-order valence-corrected chi connectivity index (χ0v) is 11.7. The Kier molecular flexibility index (Phi) is 4.56. The molecule has 21 heavy (non-hydrogen) atoms. The predicted molar refractivity (Wildman–Crippen MR) is 71.5 cm³/mol. The molecule has 2 rings (SSSR count). The molecular weight excluding hydrogens is 283 g/mol. The minimum Gasteiger partial charge on any atom is -0.393 e. The Morgan fingerprint density at radius 2 is 2.14 bits per heavy atom. The number of halogens is 3. The standard InChI is InChI=1S/C15H18F3NO2/c1-10-9-19(6-5-13(10)20)14(21)8-11-3-2-4-12(7-11)15(16,17)18/h2-4,7,10,13,20H,5-6,8-9H2,1H3. The smallest absolute Gasteiger partial charge is 0.393 e. The molecule has 1 aliphatic heterocycles. The van der Waals surface area contributed by atoms with E-state index in [-0.39, 0.29) is 18.2 Å². The Balaban J connectivity index is 2.03. The van der Waals surface area contributed by atoms with Gasteiger partial charge in [-0.1, -0.05) is 25.1 Å². The number of likely N-dealkylation sites (tertiary alicyclic amines) is 1. The van der Waals surface area contributed by atoms with Crippen LogP contribution in [-0.4, -0.2) is 35.1 Å². The second-order valence-electron chi connectivity index (χ2n) is 5.55. The van der Waals surface area contributed by atoms with Gasteiger partial charge < -0.3 is 10.0 Å². The molecule has 3 nitrogen and oxygen atoms in total. The van der Waals surface area contributed by atoms with E-state index in [4.69, 9.17) is 0 Å². The van der Waals surface area contributed by atoms with Crippen molar-refractivity contribution in [2.75, 3.05) is 13.1 Å². The number of hydrogen-bond acceptors (Lipinski definition) is 2. The number of hydrogen-bond donors (Lipinski definition) is 1. The van der Waals surface area contributed by atoms with Gasteiger partial charge in [-0.3, -0.25) is 4.79 Å². The summed E-state index contributed by atoms with van der Waals surface area (Å²) in [7, 11) is 0. The van der Waals surface area contributed by atoms with E-state index in [9.17, 15) is 23.1 Å². The molecule has 1 fully saturated rings. The highest BCUT2D eigenvalue weighted by Crippen LogP contribution is 2.29. The van der Waals surface area contributed by atoms with Gasteiger partial charge >= 0.3 is 6.18 Å². The molecule has 1 saturated heterocycles. The number of carbonyl (C=O) groups excluding carboxylic acids is 1. The average molecular weight is 301 g/mol. The summed E-state index contributed by atoms with van der Waals surface area (Å²) in [6, 6.07) is 4.84. The minimum atomic E-state index is -4.40. The van der Waals surface area contributed by atoms with E-state index in [1.165, 1.54) is 12.1 Å². The minimum absolute atomic E-state index is 0.00999. The SMILES string of the molecule is CC1CN(C(=O)Cc2cccc(C(F)(F)F)c2)CCC1O. The van der Waals surface area contributed by atoms with Crippen molar-refractivity contribution in [3.05, 3.63) is 35.4 Å². The second-order valence-corrected chi connectivity index (χ2v) is 5.55. The first-order valence-electron chi connectivity index (χ1n) is 6.89. The fraction of sp³-hybridized carbons (Fsp3) is 0.533. The molecule has 2 atom stereocenters. The van der Waals surface area contributed by atoms with E-state index < -0.39 is 17.8 Å². The van der Waals surface area contributed by atoms with Gasteiger partial charge in [0.2, 0.25) is 5.91 Å². The average Bonchev–Trinajstić information content (AvgIpc) is 2.41. The lowest BCUT2D eigenvalue weighted by atomic mass is 9.96. The number of rotatable bonds is 2. The molecule has 1 amide bonds. The summed E-state index contributed by atoms with van der Waals surface area (Å²) >= 11 is 0. The number of benzene rings is 1. The Bertz CT molecular complexity index is 516. The molecule has 0 aromatic heterocycles. The van der Waals surface area contributed by atoms with E-state index in [2.05, 4.69) is 0 Å². The van der Waals surface area contributed by atoms with Crippen LogP contribution < -0.4 is 0 Å². The number of piperidine rings is 1. The molecule has 1 aliphatic rings. The molecule has 0 saturated carbocycles. The molecule has 0 radical (unpaired) electrons. The van der Waals surface area contributed by atoms with Gasteiger partial charge in [0.25, 0.3) is 0 Å². The summed E-state index contributed by atoms with van der Waals surface area (Å²) in [6.45, 7) is 2.75. The number of aliphatic hydroxyl groups excluding tert-OH is 1. The van der Waals surface area contributed by atoms with Crippen molar-refractivity contribution < 1.29 is 23.1 Å². The van der Waals surface area contributed by atoms with E-state index in [0.29, 0.717) is 25.1 Å². The van der Waals surface area contributed by atoms with Crippen LogP contribution in [0.2, 0.25) is 0 Å². The lowest BCUT2D eigenvalue weighted by molar-refractivity contribution is -0.138. The van der Waals surface area contributed by atoms with E-state index >= 15 is 0 Å². The number of alkyl halides is 3. The first kappa shape index (κ1) is 15.8. The fourth-order valence-corrected chi connectivity index (χ4v) is 2.50. The maximum absolute atomic E-state index is 12.6. The zero-order chi connectivity index (χ0) is 15.6. The number of amides is 1. The van der Waals surface area contributed by atoms with Crippen LogP contribution in [0.5, 0.6) is 0 Å². The lowest BCUT2D eigenvalue weighted by Crippen LogP contribution is -2.45. The maximum atomic E-state index is 12.6. The van der Waals surface area contributed by atoms with Gasteiger partial charge in [-0.25, -0.2) is 0 Å². The lowest BCUT2D eigenvalue weighted by Gasteiger charge is -2.34. The van der Waals surface area contributed by atoms with Gasteiger partial charge in [0.15, 0.2) is 0 Å². The van der Waals surface area contributed by atoms with Crippen molar-refractivity contribution >= 4 is 5.91 Å². The Morgan fingerprint density at radius 3 is 2.76 bits per heavy atom. The fourth-order valence-electron chi connectivity index (χ4n) is 2.50. The quantitative estimate of drug-likeness (QED) is 0.911. The molecule has 0 spiro atoms. The van der Waals surface area contributed by atoms with Crippen molar-refractivity contribution in [2.24, 2.45) is 5.92 Å². The van der Waals surface area contributed by atoms with Crippen LogP contribution in [0.15, 0.2) is 24.3 Å². The summed E-state index contributed by atoms with van der Waals surface area (Å²) in [6.07, 6.45) is -4.35. The molecule has 116 valence electrons. The van der Waals surface area contributed by atoms with Gasteiger partial charge in [0, 0.05) is 13.1 Å². The summed E-state index contributed by atoms with van der Waals surface area (Å²) in [4.78, 5) is 13.8. The zero-order valence-electron chi connectivity index (χ0n) is 11.7. The van der Waals surface area contributed by atoms with Crippen LogP contribution in [0, 0.1) is 5.92 Å². The highest BCUT2D eigenvalue weighted by atomic mass is 19.4. The Hall–Kier alpha value is -1.56. The van der Waals surface area contributed by atoms with Crippen molar-refractivity contribution in [3.63, 3.8) is 0 Å². The molecule has 1 N–H and O–H groups in total. The van der Waals surface area contributed by atoms with E-state index in [0.717, 1.165) is 12.1 Å². The first-order valence-corrected chi connectivity index (χ1v) is 6.89. The second kappa shape index (κ2) is 6.05. The van der Waals surface area contributed by atoms with Gasteiger partial charge in [-0.2, -0.15) is 13.2 Å². The van der Waals surface area contributed by atoms with Gasteiger partial charge in [0.1, 0.15) is 0 Å². The number of aliphatic hydroxyl groups is 1. The molecule has 1 heterocycles. The number of carbonyl (C=O) groups is 1. The highest BCUT2D eigenvalue weighted by molar-refractivity contribution is 5.79. The topological polar surface area (TPSA) is 40.5 Å². The first-order chi connectivity index (χ1) is 9.77. The van der Waals surface area contributed by atoms with Crippen molar-refractivity contribution in [2.45, 2.75) is 32.0 Å². The van der Waals surface area contributed by atoms with Crippen molar-refractivity contribution in [1.82, 2.24) is 4.90 Å². The van der Waals surface area contributed by atoms with Crippen molar-refractivity contribution in [1.29, 1.82) is 0 Å². The van der Waals surface area contributed by atoms with Crippen molar-refractivity contribution in [3.8, 4) is 0 Å². The highest BCUT2D eigenvalue weighted by Gasteiger charge is 2.31. The molecule has 2 unspecified atom stereocenters. The van der Waals surface area contributed by atoms with E-state index in [1.54, 1.807) is 4.90 Å². The summed E-state index contributed by atoms with van der Waals surface area (Å²) < 4.78 is 37.9. The normalized spacial score (nSPS) is 23.2. The molecule has 1 aromatic carbocycles. The van der Waals surface area contributed by atoms with Gasteiger partial charge in [0.05, 0.1) is 18.1 Å². The molecule has 0 bridgehead atoms. The third kappa shape index (κ3) is 3.97. The van der Waals surface area contributed by atoms with Crippen LogP contribution in [0.1, 0.15) is 24.5 Å². The third-order valence-electron chi connectivity index (χ3n) is 3.82. The van der Waals surface area contributed by atoms with Crippen LogP contribution >= 0.6 is 0 Å². The summed E-state index contributed by atoms with van der Waals surface area (Å²) in [5, 5.41) is 9.63. The molecule has 1 aromatic rings.